The van der Waals surface area contributed by atoms with Crippen LogP contribution in [-0.2, 0) is 24.3 Å². The molecule has 0 atom stereocenters. The Morgan fingerprint density at radius 3 is 2.96 bits per heavy atom. The van der Waals surface area contributed by atoms with Gasteiger partial charge < -0.3 is 9.73 Å². The number of carbonyl (C=O) groups excluding carboxylic acids is 1. The lowest BCUT2D eigenvalue weighted by Crippen LogP contribution is -2.22. The minimum absolute atomic E-state index is 0.0500. The summed E-state index contributed by atoms with van der Waals surface area (Å²) in [6, 6.07) is 3.97. The first kappa shape index (κ1) is 16.4. The van der Waals surface area contributed by atoms with Crippen molar-refractivity contribution in [2.75, 3.05) is 0 Å². The lowest BCUT2D eigenvalue weighted by Gasteiger charge is -2.01. The summed E-state index contributed by atoms with van der Waals surface area (Å²) in [7, 11) is 0. The Kier molecular flexibility index (Phi) is 5.05. The number of rotatable bonds is 7. The molecule has 24 heavy (non-hydrogen) atoms. The summed E-state index contributed by atoms with van der Waals surface area (Å²) in [6.07, 6.45) is 4.43. The van der Waals surface area contributed by atoms with Gasteiger partial charge >= 0.3 is 0 Å². The summed E-state index contributed by atoms with van der Waals surface area (Å²) in [5.41, 5.74) is 0.985. The van der Waals surface area contributed by atoms with E-state index in [1.807, 2.05) is 36.9 Å². The van der Waals surface area contributed by atoms with Crippen LogP contribution in [0.15, 0.2) is 28.9 Å². The van der Waals surface area contributed by atoms with Gasteiger partial charge in [0, 0.05) is 42.6 Å². The van der Waals surface area contributed by atoms with Crippen LogP contribution in [0.3, 0.4) is 0 Å². The van der Waals surface area contributed by atoms with E-state index in [0.29, 0.717) is 31.2 Å². The minimum atomic E-state index is -0.0500. The van der Waals surface area contributed by atoms with Crippen LogP contribution in [0.25, 0.3) is 10.8 Å². The topological polar surface area (TPSA) is 85.8 Å². The van der Waals surface area contributed by atoms with Gasteiger partial charge in [-0.1, -0.05) is 0 Å². The number of aryl methyl sites for hydroxylation is 3. The molecule has 0 bridgehead atoms. The molecule has 7 nitrogen and oxygen atoms in total. The van der Waals surface area contributed by atoms with Crippen molar-refractivity contribution in [1.29, 1.82) is 0 Å². The van der Waals surface area contributed by atoms with Crippen molar-refractivity contribution >= 4 is 17.2 Å². The van der Waals surface area contributed by atoms with Gasteiger partial charge in [-0.15, -0.1) is 21.5 Å². The molecule has 1 amide bonds. The number of aromatic nitrogens is 4. The Morgan fingerprint density at radius 1 is 1.38 bits per heavy atom. The average molecular weight is 345 g/mol. The molecule has 0 aromatic carbocycles. The van der Waals surface area contributed by atoms with Crippen LogP contribution < -0.4 is 5.32 Å². The molecule has 3 aromatic heterocycles. The lowest BCUT2D eigenvalue weighted by atomic mass is 10.3. The molecule has 0 aliphatic rings. The number of nitrogens with one attached hydrogen (secondary N) is 1. The van der Waals surface area contributed by atoms with E-state index in [1.165, 1.54) is 4.88 Å². The predicted octanol–water partition coefficient (Wildman–Crippen LogP) is 2.57. The molecule has 0 saturated carbocycles. The van der Waals surface area contributed by atoms with E-state index in [0.717, 1.165) is 17.0 Å². The first-order chi connectivity index (χ1) is 11.6. The standard InChI is InChI=1S/C16H19N5O2S/c1-3-21-10-12(9-18-21)8-17-14(22)6-7-15-19-20-16(23-15)13-5-4-11(2)24-13/h4-5,9-10H,3,6-8H2,1-2H3,(H,17,22). The monoisotopic (exact) mass is 345 g/mol. The zero-order chi connectivity index (χ0) is 16.9. The van der Waals surface area contributed by atoms with Gasteiger partial charge in [0.05, 0.1) is 11.1 Å². The summed E-state index contributed by atoms with van der Waals surface area (Å²) in [6.45, 7) is 5.34. The Balaban J connectivity index is 1.47. The summed E-state index contributed by atoms with van der Waals surface area (Å²) >= 11 is 1.60. The smallest absolute Gasteiger partial charge is 0.257 e. The van der Waals surface area contributed by atoms with Crippen LogP contribution in [0.4, 0.5) is 0 Å². The minimum Gasteiger partial charge on any atom is -0.420 e. The molecule has 0 radical (unpaired) electrons. The largest absolute Gasteiger partial charge is 0.420 e. The molecule has 3 rings (SSSR count). The Morgan fingerprint density at radius 2 is 2.25 bits per heavy atom. The number of hydrogen-bond acceptors (Lipinski definition) is 6. The van der Waals surface area contributed by atoms with Crippen molar-refractivity contribution < 1.29 is 9.21 Å². The number of thiophene rings is 1. The van der Waals surface area contributed by atoms with Crippen LogP contribution in [0, 0.1) is 6.92 Å². The highest BCUT2D eigenvalue weighted by Gasteiger charge is 2.12. The molecule has 8 heteroatoms. The van der Waals surface area contributed by atoms with Crippen LogP contribution in [0.2, 0.25) is 0 Å². The molecule has 3 heterocycles. The molecule has 0 fully saturated rings. The van der Waals surface area contributed by atoms with Crippen molar-refractivity contribution in [3.05, 3.63) is 40.9 Å². The number of nitrogens with zero attached hydrogens (tertiary/aromatic N) is 4. The summed E-state index contributed by atoms with van der Waals surface area (Å²) in [4.78, 5) is 14.1. The molecular formula is C16H19N5O2S. The maximum atomic E-state index is 11.9. The highest BCUT2D eigenvalue weighted by Crippen LogP contribution is 2.26. The van der Waals surface area contributed by atoms with E-state index in [2.05, 4.69) is 20.6 Å². The summed E-state index contributed by atoms with van der Waals surface area (Å²) in [5.74, 6) is 0.937. The van der Waals surface area contributed by atoms with E-state index >= 15 is 0 Å². The van der Waals surface area contributed by atoms with E-state index in [9.17, 15) is 4.79 Å². The molecule has 0 aliphatic carbocycles. The highest BCUT2D eigenvalue weighted by molar-refractivity contribution is 7.15. The Hall–Kier alpha value is -2.48. The van der Waals surface area contributed by atoms with Crippen LogP contribution >= 0.6 is 11.3 Å². The fourth-order valence-electron chi connectivity index (χ4n) is 2.18. The third kappa shape index (κ3) is 4.08. The maximum absolute atomic E-state index is 11.9. The fraction of sp³-hybridized carbons (Fsp3) is 0.375. The van der Waals surface area contributed by atoms with Gasteiger partial charge in [-0.3, -0.25) is 9.48 Å². The van der Waals surface area contributed by atoms with Gasteiger partial charge in [-0.2, -0.15) is 5.10 Å². The molecule has 0 unspecified atom stereocenters. The second-order valence-electron chi connectivity index (χ2n) is 5.39. The molecule has 0 saturated heterocycles. The van der Waals surface area contributed by atoms with Crippen LogP contribution in [0.5, 0.6) is 0 Å². The molecule has 1 N–H and O–H groups in total. The second kappa shape index (κ2) is 7.39. The summed E-state index contributed by atoms with van der Waals surface area (Å²) in [5, 5.41) is 15.1. The average Bonchev–Trinajstić information content (AvgIpc) is 3.31. The Bertz CT molecular complexity index is 820. The van der Waals surface area contributed by atoms with Crippen LogP contribution in [-0.4, -0.2) is 25.9 Å². The third-order valence-corrected chi connectivity index (χ3v) is 4.47. The SMILES string of the molecule is CCn1cc(CNC(=O)CCc2nnc(-c3ccc(C)s3)o2)cn1. The normalized spacial score (nSPS) is 10.9. The summed E-state index contributed by atoms with van der Waals surface area (Å²) < 4.78 is 7.44. The molecule has 126 valence electrons. The van der Waals surface area contributed by atoms with Crippen molar-refractivity contribution in [2.24, 2.45) is 0 Å². The van der Waals surface area contributed by atoms with Crippen molar-refractivity contribution in [2.45, 2.75) is 39.8 Å². The molecule has 0 aliphatic heterocycles. The Labute approximate surface area is 143 Å². The first-order valence-electron chi connectivity index (χ1n) is 7.81. The zero-order valence-electron chi connectivity index (χ0n) is 13.7. The van der Waals surface area contributed by atoms with E-state index < -0.39 is 0 Å². The molecule has 0 spiro atoms. The van der Waals surface area contributed by atoms with Gasteiger partial charge in [0.25, 0.3) is 5.89 Å². The second-order valence-corrected chi connectivity index (χ2v) is 6.68. The third-order valence-electron chi connectivity index (χ3n) is 3.48. The van der Waals surface area contributed by atoms with Gasteiger partial charge in [0.1, 0.15) is 0 Å². The quantitative estimate of drug-likeness (QED) is 0.711. The van der Waals surface area contributed by atoms with Gasteiger partial charge in [-0.05, 0) is 26.0 Å². The maximum Gasteiger partial charge on any atom is 0.257 e. The van der Waals surface area contributed by atoms with Gasteiger partial charge in [0.15, 0.2) is 0 Å². The molecule has 3 aromatic rings. The number of hydrogen-bond donors (Lipinski definition) is 1. The van der Waals surface area contributed by atoms with Gasteiger partial charge in [-0.25, -0.2) is 0 Å². The van der Waals surface area contributed by atoms with Gasteiger partial charge in [0.2, 0.25) is 11.8 Å². The highest BCUT2D eigenvalue weighted by atomic mass is 32.1. The first-order valence-corrected chi connectivity index (χ1v) is 8.63. The van der Waals surface area contributed by atoms with Crippen molar-refractivity contribution in [1.82, 2.24) is 25.3 Å². The predicted molar refractivity (Wildman–Crippen MR) is 90.4 cm³/mol. The van der Waals surface area contributed by atoms with Crippen LogP contribution in [0.1, 0.15) is 29.7 Å². The number of amides is 1. The van der Waals surface area contributed by atoms with E-state index in [-0.39, 0.29) is 5.91 Å². The zero-order valence-corrected chi connectivity index (χ0v) is 14.5. The van der Waals surface area contributed by atoms with Crippen molar-refractivity contribution in [3.63, 3.8) is 0 Å². The fourth-order valence-corrected chi connectivity index (χ4v) is 2.97. The van der Waals surface area contributed by atoms with E-state index in [1.54, 1.807) is 17.5 Å². The lowest BCUT2D eigenvalue weighted by molar-refractivity contribution is -0.121. The molecular weight excluding hydrogens is 326 g/mol. The number of carbonyl (C=O) groups is 1. The van der Waals surface area contributed by atoms with Crippen molar-refractivity contribution in [3.8, 4) is 10.8 Å². The van der Waals surface area contributed by atoms with E-state index in [4.69, 9.17) is 4.42 Å².